The minimum Gasteiger partial charge on any atom is -0.494 e. The van der Waals surface area contributed by atoms with Crippen molar-refractivity contribution >= 4 is 46.0 Å². The molecule has 5 heterocycles. The van der Waals surface area contributed by atoms with Crippen LogP contribution in [-0.4, -0.2) is 228 Å². The highest BCUT2D eigenvalue weighted by Gasteiger charge is 2.42. The van der Waals surface area contributed by atoms with Crippen LogP contribution in [0.15, 0.2) is 73.0 Å². The molecule has 2 aromatic carbocycles. The number of hydrogen-bond donors (Lipinski definition) is 3. The first kappa shape index (κ1) is 69.8. The second-order valence-electron chi connectivity index (χ2n) is 22.1. The number of halogens is 3. The number of carbonyl (C=O) groups is 5. The number of aliphatic hydroxyl groups is 1. The molecule has 2 aliphatic carbocycles. The number of Topliss-reactive ketones (excluding diaryl/α,β-unsaturated/α-hetero) is 1. The number of allylic oxidation sites excluding steroid dienone is 1. The number of rotatable bonds is 39. The lowest BCUT2D eigenvalue weighted by molar-refractivity contribution is -0.148. The number of likely N-dealkylation sites (tertiary alicyclic amines) is 1. The molecule has 4 aromatic heterocycles. The summed E-state index contributed by atoms with van der Waals surface area (Å²) in [5.74, 6) is -7.68. The Labute approximate surface area is 538 Å². The molecule has 0 unspecified atom stereocenters. The number of esters is 1. The average molecular weight is 1310 g/mol. The van der Waals surface area contributed by atoms with Crippen molar-refractivity contribution in [2.45, 2.75) is 76.3 Å². The molecule has 9 rings (SSSR count). The van der Waals surface area contributed by atoms with Gasteiger partial charge in [-0.2, -0.15) is 9.94 Å². The maximum absolute atomic E-state index is 13.9. The van der Waals surface area contributed by atoms with Gasteiger partial charge in [-0.05, 0) is 49.7 Å². The van der Waals surface area contributed by atoms with E-state index in [1.54, 1.807) is 15.8 Å². The SMILES string of the molecule is COc1cnc(-n2cnc(C(=O)NC3CC(N(CCOCCOCCOCCOCc4cn(CCOCCOCCOCCOCCC(=O)Oc5c(F)cc(F)cc5F)nn4)C(=O)C4CC(O)C4)C3)n2)c2[nH]cc(C(=O)C(=O)N3CCC(=C(C#N)c4ccccc4)CC3)c12. The van der Waals surface area contributed by atoms with Crippen LogP contribution in [0.5, 0.6) is 11.5 Å². The third-order valence-corrected chi connectivity index (χ3v) is 15.7. The van der Waals surface area contributed by atoms with Gasteiger partial charge >= 0.3 is 5.97 Å². The molecular weight excluding hydrogens is 1240 g/mol. The fraction of sp³-hybridized carbons (Fsp3) is 0.508. The zero-order valence-corrected chi connectivity index (χ0v) is 51.9. The smallest absolute Gasteiger partial charge is 0.313 e. The first-order valence-electron chi connectivity index (χ1n) is 30.9. The van der Waals surface area contributed by atoms with Gasteiger partial charge in [0.1, 0.15) is 23.6 Å². The van der Waals surface area contributed by atoms with E-state index in [4.69, 9.17) is 42.6 Å². The van der Waals surface area contributed by atoms with Crippen molar-refractivity contribution in [2.75, 3.05) is 126 Å². The Morgan fingerprint density at radius 2 is 1.40 bits per heavy atom. The number of pyridine rings is 1. The van der Waals surface area contributed by atoms with Crippen LogP contribution < -0.4 is 14.8 Å². The van der Waals surface area contributed by atoms with E-state index in [9.17, 15) is 47.5 Å². The fourth-order valence-corrected chi connectivity index (χ4v) is 10.6. The second-order valence-corrected chi connectivity index (χ2v) is 22.1. The number of aromatic amines is 1. The first-order chi connectivity index (χ1) is 45.8. The number of methoxy groups -OCH3 is 1. The Morgan fingerprint density at radius 3 is 2.03 bits per heavy atom. The highest BCUT2D eigenvalue weighted by atomic mass is 19.1. The number of fused-ring (bicyclic) bond motifs is 1. The fourth-order valence-electron chi connectivity index (χ4n) is 10.6. The lowest BCUT2D eigenvalue weighted by atomic mass is 9.79. The predicted octanol–water partition coefficient (Wildman–Crippen LogP) is 4.13. The monoisotopic (exact) mass is 1310 g/mol. The third-order valence-electron chi connectivity index (χ3n) is 15.7. The van der Waals surface area contributed by atoms with E-state index in [0.29, 0.717) is 159 Å². The molecule has 2 saturated carbocycles. The van der Waals surface area contributed by atoms with Crippen molar-refractivity contribution in [2.24, 2.45) is 5.92 Å². The van der Waals surface area contributed by atoms with Gasteiger partial charge < -0.3 is 72.6 Å². The molecule has 0 bridgehead atoms. The van der Waals surface area contributed by atoms with Crippen molar-refractivity contribution in [1.82, 2.24) is 54.8 Å². The molecule has 6 aromatic rings. The number of ether oxygens (including phenoxy) is 10. The first-order valence-corrected chi connectivity index (χ1v) is 30.9. The minimum absolute atomic E-state index is 0.0587. The van der Waals surface area contributed by atoms with Crippen molar-refractivity contribution < 1.29 is 89.6 Å². The Kier molecular flexibility index (Phi) is 26.4. The molecule has 0 atom stereocenters. The van der Waals surface area contributed by atoms with Gasteiger partial charge in [-0.3, -0.25) is 24.0 Å². The largest absolute Gasteiger partial charge is 0.494 e. The quantitative estimate of drug-likeness (QED) is 0.0122. The molecule has 1 saturated heterocycles. The van der Waals surface area contributed by atoms with E-state index in [0.717, 1.165) is 11.1 Å². The van der Waals surface area contributed by atoms with E-state index >= 15 is 0 Å². The van der Waals surface area contributed by atoms with E-state index in [1.807, 2.05) is 30.3 Å². The Balaban J connectivity index is 0.589. The average Bonchev–Trinajstić information content (AvgIpc) is 1.55. The number of nitrogens with zero attached hydrogens (tertiary/aromatic N) is 10. The number of ketones is 1. The number of hydrogen-bond acceptors (Lipinski definition) is 22. The molecule has 3 N–H and O–H groups in total. The lowest BCUT2D eigenvalue weighted by Crippen LogP contribution is -2.58. The van der Waals surface area contributed by atoms with Gasteiger partial charge in [-0.25, -0.2) is 27.8 Å². The highest BCUT2D eigenvalue weighted by molar-refractivity contribution is 6.45. The molecule has 3 aliphatic rings. The zero-order chi connectivity index (χ0) is 66.2. The van der Waals surface area contributed by atoms with Crippen LogP contribution in [-0.2, 0) is 65.4 Å². The standard InChI is InChI=1S/C63H75F3N12O16/c1-85-53-37-69-60(56-55(53)50(36-68-56)57(81)63(84)75-10-7-42(8-11-75)49(35-67)41-5-3-2-4-6-41)78-40-70-59(73-78)61(82)71-45-33-47(34-45)77(62(83)43-29-48(79)30-43)13-16-88-19-22-91-25-26-92-27-28-93-39-46-38-76(74-72-46)12-15-87-18-21-90-24-23-89-20-17-86-14-9-54(80)94-58-51(65)31-44(64)32-52(58)66/h2-6,31-32,36-38,40,43,45,47-48,68,79H,7-30,33-34,39H2,1H3,(H,71,82). The summed E-state index contributed by atoms with van der Waals surface area (Å²) in [5.41, 5.74) is 3.36. The second kappa shape index (κ2) is 35.6. The van der Waals surface area contributed by atoms with Crippen molar-refractivity contribution in [3.8, 4) is 23.4 Å². The van der Waals surface area contributed by atoms with Gasteiger partial charge in [0.15, 0.2) is 17.5 Å². The van der Waals surface area contributed by atoms with Crippen molar-refractivity contribution in [3.05, 3.63) is 113 Å². The number of carbonyl (C=O) groups excluding carboxylic acids is 5. The molecule has 3 fully saturated rings. The molecule has 31 heteroatoms. The van der Waals surface area contributed by atoms with Crippen LogP contribution in [0.3, 0.4) is 0 Å². The van der Waals surface area contributed by atoms with Crippen LogP contribution in [0.2, 0.25) is 0 Å². The summed E-state index contributed by atoms with van der Waals surface area (Å²) in [6, 6.07) is 12.1. The number of benzene rings is 2. The van der Waals surface area contributed by atoms with Crippen molar-refractivity contribution in [1.29, 1.82) is 5.26 Å². The Morgan fingerprint density at radius 1 is 0.787 bits per heavy atom. The zero-order valence-electron chi connectivity index (χ0n) is 51.9. The van der Waals surface area contributed by atoms with Crippen LogP contribution in [0, 0.1) is 34.7 Å². The van der Waals surface area contributed by atoms with Gasteiger partial charge in [0, 0.05) is 56.0 Å². The number of amides is 3. The van der Waals surface area contributed by atoms with Gasteiger partial charge in [-0.1, -0.05) is 35.5 Å². The molecular formula is C63H75F3N12O16. The summed E-state index contributed by atoms with van der Waals surface area (Å²) in [6.07, 6.45) is 7.79. The van der Waals surface area contributed by atoms with E-state index in [2.05, 4.69) is 46.5 Å². The van der Waals surface area contributed by atoms with E-state index < -0.39 is 52.9 Å². The molecule has 94 heavy (non-hydrogen) atoms. The van der Waals surface area contributed by atoms with E-state index in [1.165, 1.54) is 35.4 Å². The number of H-pyrrole nitrogens is 1. The number of aliphatic hydroxyl groups excluding tert-OH is 1. The minimum atomic E-state index is -1.32. The Bertz CT molecular complexity index is 3540. The summed E-state index contributed by atoms with van der Waals surface area (Å²) in [6.45, 7) is 5.88. The summed E-state index contributed by atoms with van der Waals surface area (Å²) in [5, 5.41) is 35.8. The number of nitrogens with one attached hydrogen (secondary N) is 2. The maximum Gasteiger partial charge on any atom is 0.313 e. The van der Waals surface area contributed by atoms with Crippen LogP contribution >= 0.6 is 0 Å². The van der Waals surface area contributed by atoms with Crippen LogP contribution in [0.4, 0.5) is 13.2 Å². The topological polar surface area (TPSA) is 330 Å². The summed E-state index contributed by atoms with van der Waals surface area (Å²) in [7, 11) is 1.42. The molecule has 0 radical (unpaired) electrons. The van der Waals surface area contributed by atoms with Crippen LogP contribution in [0.1, 0.15) is 77.2 Å². The normalized spacial score (nSPS) is 16.9. The molecule has 0 spiro atoms. The van der Waals surface area contributed by atoms with Gasteiger partial charge in [0.2, 0.25) is 17.5 Å². The van der Waals surface area contributed by atoms with Crippen molar-refractivity contribution in [3.63, 3.8) is 0 Å². The van der Waals surface area contributed by atoms with Gasteiger partial charge in [0.25, 0.3) is 17.6 Å². The number of nitriles is 1. The number of piperidine rings is 1. The Hall–Kier alpha value is -8.58. The van der Waals surface area contributed by atoms with E-state index in [-0.39, 0.29) is 99.4 Å². The highest BCUT2D eigenvalue weighted by Crippen LogP contribution is 2.35. The maximum atomic E-state index is 13.9. The van der Waals surface area contributed by atoms with Gasteiger partial charge in [-0.15, -0.1) is 10.2 Å². The summed E-state index contributed by atoms with van der Waals surface area (Å²) < 4.78 is 97.9. The molecule has 28 nitrogen and oxygen atoms in total. The molecule has 504 valence electrons. The van der Waals surface area contributed by atoms with Gasteiger partial charge in [0.05, 0.1) is 172 Å². The summed E-state index contributed by atoms with van der Waals surface area (Å²) in [4.78, 5) is 81.5. The molecule has 3 amide bonds. The summed E-state index contributed by atoms with van der Waals surface area (Å²) >= 11 is 0. The molecule has 1 aliphatic heterocycles. The third kappa shape index (κ3) is 19.5. The number of aromatic nitrogens is 8. The predicted molar refractivity (Wildman–Crippen MR) is 323 cm³/mol. The lowest BCUT2D eigenvalue weighted by Gasteiger charge is -2.45. The van der Waals surface area contributed by atoms with Crippen LogP contribution in [0.25, 0.3) is 22.3 Å².